The average molecular weight is 348 g/mol. The van der Waals surface area contributed by atoms with Gasteiger partial charge in [0.15, 0.2) is 0 Å². The Morgan fingerprint density at radius 3 is 2.48 bits per heavy atom. The van der Waals surface area contributed by atoms with Crippen molar-refractivity contribution in [1.82, 2.24) is 5.32 Å². The molecule has 25 heavy (non-hydrogen) atoms. The minimum absolute atomic E-state index is 0.0987. The first kappa shape index (κ1) is 17.5. The lowest BCUT2D eigenvalue weighted by Gasteiger charge is -2.29. The lowest BCUT2D eigenvalue weighted by atomic mass is 9.90. The van der Waals surface area contributed by atoms with Gasteiger partial charge < -0.3 is 10.6 Å². The Morgan fingerprint density at radius 1 is 1.08 bits per heavy atom. The summed E-state index contributed by atoms with van der Waals surface area (Å²) in [6.45, 7) is 0.0987. The molecule has 0 saturated carbocycles. The molecule has 132 valence electrons. The van der Waals surface area contributed by atoms with Gasteiger partial charge in [-0.15, -0.1) is 0 Å². The predicted octanol–water partition coefficient (Wildman–Crippen LogP) is 3.88. The molecule has 0 fully saturated rings. The summed E-state index contributed by atoms with van der Waals surface area (Å²) < 4.78 is 40.2. The summed E-state index contributed by atoms with van der Waals surface area (Å²) in [6.07, 6.45) is -4.31. The normalized spacial score (nSPS) is 18.4. The number of halogens is 3. The molecule has 0 aliphatic carbocycles. The van der Waals surface area contributed by atoms with Gasteiger partial charge in [-0.2, -0.15) is 13.2 Å². The number of carbonyl (C=O) groups excluding carboxylic acids is 1. The van der Waals surface area contributed by atoms with Crippen LogP contribution in [0.1, 0.15) is 23.5 Å². The maximum Gasteiger partial charge on any atom is 0.404 e. The maximum atomic E-state index is 13.4. The van der Waals surface area contributed by atoms with E-state index < -0.39 is 12.2 Å². The molecule has 6 heteroatoms. The van der Waals surface area contributed by atoms with E-state index in [1.807, 2.05) is 12.1 Å². The molecule has 1 aliphatic rings. The standard InChI is InChI=1S/C19H19F3N2O/c20-19(21,22)17(10-13-6-2-1-3-7-13)23-12-14-11-18(25)24-16-9-5-4-8-15(14)16/h1-9,14,17,23H,10-12H2,(H,24,25)/t14-,17+/m0/s1. The number of hydrogen-bond donors (Lipinski definition) is 2. The molecule has 1 amide bonds. The number of para-hydroxylation sites is 1. The first-order chi connectivity index (χ1) is 11.9. The number of carbonyl (C=O) groups is 1. The summed E-state index contributed by atoms with van der Waals surface area (Å²) in [5.41, 5.74) is 2.17. The zero-order valence-electron chi connectivity index (χ0n) is 13.5. The molecule has 3 rings (SSSR count). The summed E-state index contributed by atoms with van der Waals surface area (Å²) in [4.78, 5) is 11.8. The number of rotatable bonds is 5. The third-order valence-electron chi connectivity index (χ3n) is 4.39. The van der Waals surface area contributed by atoms with E-state index in [-0.39, 0.29) is 31.2 Å². The number of amides is 1. The van der Waals surface area contributed by atoms with Crippen molar-refractivity contribution in [2.75, 3.05) is 11.9 Å². The van der Waals surface area contributed by atoms with Crippen LogP contribution in [-0.2, 0) is 11.2 Å². The predicted molar refractivity (Wildman–Crippen MR) is 90.4 cm³/mol. The molecule has 2 N–H and O–H groups in total. The fraction of sp³-hybridized carbons (Fsp3) is 0.316. The Morgan fingerprint density at radius 2 is 1.76 bits per heavy atom. The highest BCUT2D eigenvalue weighted by Crippen LogP contribution is 2.32. The van der Waals surface area contributed by atoms with Gasteiger partial charge in [0, 0.05) is 24.6 Å². The van der Waals surface area contributed by atoms with Crippen LogP contribution in [0.2, 0.25) is 0 Å². The maximum absolute atomic E-state index is 13.4. The number of alkyl halides is 3. The lowest BCUT2D eigenvalue weighted by molar-refractivity contribution is -0.155. The van der Waals surface area contributed by atoms with Crippen molar-refractivity contribution >= 4 is 11.6 Å². The zero-order valence-corrected chi connectivity index (χ0v) is 13.5. The van der Waals surface area contributed by atoms with Crippen molar-refractivity contribution in [2.45, 2.75) is 31.0 Å². The topological polar surface area (TPSA) is 41.1 Å². The Labute approximate surface area is 144 Å². The molecule has 2 atom stereocenters. The van der Waals surface area contributed by atoms with Gasteiger partial charge in [0.2, 0.25) is 5.91 Å². The molecular formula is C19H19F3N2O. The van der Waals surface area contributed by atoms with Crippen molar-refractivity contribution in [3.8, 4) is 0 Å². The van der Waals surface area contributed by atoms with Crippen molar-refractivity contribution in [3.63, 3.8) is 0 Å². The van der Waals surface area contributed by atoms with Crippen molar-refractivity contribution in [3.05, 3.63) is 65.7 Å². The van der Waals surface area contributed by atoms with Gasteiger partial charge in [-0.25, -0.2) is 0 Å². The second-order valence-electron chi connectivity index (χ2n) is 6.23. The van der Waals surface area contributed by atoms with Gasteiger partial charge in [0.05, 0.1) is 0 Å². The fourth-order valence-corrected chi connectivity index (χ4v) is 3.12. The van der Waals surface area contributed by atoms with Gasteiger partial charge >= 0.3 is 6.18 Å². The summed E-state index contributed by atoms with van der Waals surface area (Å²) in [5, 5.41) is 5.39. The second kappa shape index (κ2) is 7.27. The van der Waals surface area contributed by atoms with E-state index in [1.165, 1.54) is 0 Å². The molecule has 2 aromatic rings. The van der Waals surface area contributed by atoms with E-state index in [9.17, 15) is 18.0 Å². The van der Waals surface area contributed by atoms with Crippen LogP contribution < -0.4 is 10.6 Å². The van der Waals surface area contributed by atoms with Crippen LogP contribution in [0.15, 0.2) is 54.6 Å². The Kier molecular flexibility index (Phi) is 5.08. The molecule has 0 saturated heterocycles. The van der Waals surface area contributed by atoms with Gasteiger partial charge in [0.25, 0.3) is 0 Å². The zero-order chi connectivity index (χ0) is 17.9. The van der Waals surface area contributed by atoms with Crippen LogP contribution in [-0.4, -0.2) is 24.7 Å². The Hall–Kier alpha value is -2.34. The minimum atomic E-state index is -4.35. The highest BCUT2D eigenvalue weighted by atomic mass is 19.4. The molecule has 1 aliphatic heterocycles. The van der Waals surface area contributed by atoms with Crippen molar-refractivity contribution in [2.24, 2.45) is 0 Å². The Balaban J connectivity index is 1.72. The summed E-state index contributed by atoms with van der Waals surface area (Å²) >= 11 is 0. The number of hydrogen-bond acceptors (Lipinski definition) is 2. The summed E-state index contributed by atoms with van der Waals surface area (Å²) in [6, 6.07) is 14.2. The summed E-state index contributed by atoms with van der Waals surface area (Å²) in [7, 11) is 0. The van der Waals surface area contributed by atoms with E-state index in [2.05, 4.69) is 10.6 Å². The number of anilines is 1. The van der Waals surface area contributed by atoms with Gasteiger partial charge in [0.1, 0.15) is 6.04 Å². The van der Waals surface area contributed by atoms with Crippen LogP contribution in [0.25, 0.3) is 0 Å². The highest BCUT2D eigenvalue weighted by Gasteiger charge is 2.40. The van der Waals surface area contributed by atoms with E-state index in [0.717, 1.165) is 5.56 Å². The lowest BCUT2D eigenvalue weighted by Crippen LogP contribution is -2.46. The Bertz CT molecular complexity index is 731. The van der Waals surface area contributed by atoms with Crippen LogP contribution in [0.3, 0.4) is 0 Å². The second-order valence-corrected chi connectivity index (χ2v) is 6.23. The van der Waals surface area contributed by atoms with E-state index >= 15 is 0 Å². The molecule has 0 unspecified atom stereocenters. The van der Waals surface area contributed by atoms with Gasteiger partial charge in [-0.05, 0) is 23.6 Å². The largest absolute Gasteiger partial charge is 0.404 e. The van der Waals surface area contributed by atoms with Crippen molar-refractivity contribution in [1.29, 1.82) is 0 Å². The van der Waals surface area contributed by atoms with Crippen LogP contribution in [0.5, 0.6) is 0 Å². The average Bonchev–Trinajstić information content (AvgIpc) is 2.58. The van der Waals surface area contributed by atoms with E-state index in [0.29, 0.717) is 11.3 Å². The third kappa shape index (κ3) is 4.39. The highest BCUT2D eigenvalue weighted by molar-refractivity contribution is 5.94. The van der Waals surface area contributed by atoms with Crippen LogP contribution in [0.4, 0.5) is 18.9 Å². The number of fused-ring (bicyclic) bond motifs is 1. The third-order valence-corrected chi connectivity index (χ3v) is 4.39. The quantitative estimate of drug-likeness (QED) is 0.861. The SMILES string of the molecule is O=C1C[C@@H](CN[C@H](Cc2ccccc2)C(F)(F)F)c2ccccc2N1. The van der Waals surface area contributed by atoms with Gasteiger partial charge in [-0.3, -0.25) is 4.79 Å². The number of benzene rings is 2. The van der Waals surface area contributed by atoms with Gasteiger partial charge in [-0.1, -0.05) is 48.5 Å². The van der Waals surface area contributed by atoms with Crippen LogP contribution in [0, 0.1) is 0 Å². The fourth-order valence-electron chi connectivity index (χ4n) is 3.12. The molecule has 2 aromatic carbocycles. The molecule has 0 bridgehead atoms. The smallest absolute Gasteiger partial charge is 0.326 e. The molecule has 0 radical (unpaired) electrons. The summed E-state index contributed by atoms with van der Waals surface area (Å²) in [5.74, 6) is -0.442. The molecule has 0 aromatic heterocycles. The molecule has 1 heterocycles. The minimum Gasteiger partial charge on any atom is -0.326 e. The molecular weight excluding hydrogens is 329 g/mol. The monoisotopic (exact) mass is 348 g/mol. The van der Waals surface area contributed by atoms with Crippen LogP contribution >= 0.6 is 0 Å². The molecule has 0 spiro atoms. The van der Waals surface area contributed by atoms with E-state index in [4.69, 9.17) is 0 Å². The molecule has 3 nitrogen and oxygen atoms in total. The number of nitrogens with one attached hydrogen (secondary N) is 2. The first-order valence-electron chi connectivity index (χ1n) is 8.16. The van der Waals surface area contributed by atoms with Crippen molar-refractivity contribution < 1.29 is 18.0 Å². The van der Waals surface area contributed by atoms with E-state index in [1.54, 1.807) is 42.5 Å². The first-order valence-corrected chi connectivity index (χ1v) is 8.16.